The average molecular weight is 433 g/mol. The van der Waals surface area contributed by atoms with E-state index < -0.39 is 16.2 Å². The van der Waals surface area contributed by atoms with Crippen LogP contribution >= 0.6 is 0 Å². The van der Waals surface area contributed by atoms with Crippen molar-refractivity contribution in [1.82, 2.24) is 4.90 Å². The highest BCUT2D eigenvalue weighted by atomic mass is 32.2. The molecular formula is C22H28N2O5S. The van der Waals surface area contributed by atoms with Crippen LogP contribution in [0.1, 0.15) is 24.3 Å². The summed E-state index contributed by atoms with van der Waals surface area (Å²) in [4.78, 5) is 16.7. The second-order valence-corrected chi connectivity index (χ2v) is 8.62. The number of rotatable bonds is 9. The van der Waals surface area contributed by atoms with E-state index in [-0.39, 0.29) is 12.5 Å². The van der Waals surface area contributed by atoms with E-state index in [1.54, 1.807) is 36.3 Å². The predicted octanol–water partition coefficient (Wildman–Crippen LogP) is 2.56. The topological polar surface area (TPSA) is 79.3 Å². The summed E-state index contributed by atoms with van der Waals surface area (Å²) in [5, 5.41) is 8.32. The van der Waals surface area contributed by atoms with Gasteiger partial charge in [-0.2, -0.15) is 0 Å². The van der Waals surface area contributed by atoms with Gasteiger partial charge in [0.05, 0.1) is 41.7 Å². The van der Waals surface area contributed by atoms with Gasteiger partial charge in [-0.1, -0.05) is 12.1 Å². The number of hydrogen-bond acceptors (Lipinski definition) is 6. The SMILES string of the molecule is COc1ccc(OCCCN(C)CCO)c(C2N(C(C)=O)c3ccccc3S2=O)c1. The van der Waals surface area contributed by atoms with Crippen LogP contribution in [0.3, 0.4) is 0 Å². The lowest BCUT2D eigenvalue weighted by Crippen LogP contribution is -2.31. The smallest absolute Gasteiger partial charge is 0.225 e. The molecule has 2 aromatic rings. The summed E-state index contributed by atoms with van der Waals surface area (Å²) in [6, 6.07) is 12.6. The monoisotopic (exact) mass is 432 g/mol. The standard InChI is InChI=1S/C22H28N2O5S/c1-16(26)24-19-7-4-5-8-21(19)30(27)22(24)18-15-17(28-3)9-10-20(18)29-14-6-11-23(2)12-13-25/h4-5,7-10,15,22,25H,6,11-14H2,1-3H3. The highest BCUT2D eigenvalue weighted by Crippen LogP contribution is 2.46. The Morgan fingerprint density at radius 3 is 2.70 bits per heavy atom. The number of fused-ring (bicyclic) bond motifs is 1. The number of nitrogens with zero attached hydrogens (tertiary/aromatic N) is 2. The van der Waals surface area contributed by atoms with Crippen LogP contribution in [0.15, 0.2) is 47.4 Å². The number of anilines is 1. The van der Waals surface area contributed by atoms with E-state index in [9.17, 15) is 9.00 Å². The van der Waals surface area contributed by atoms with E-state index in [2.05, 4.69) is 0 Å². The van der Waals surface area contributed by atoms with Gasteiger partial charge in [0.15, 0.2) is 0 Å². The third-order valence-corrected chi connectivity index (χ3v) is 6.67. The fraction of sp³-hybridized carbons (Fsp3) is 0.409. The molecule has 0 aromatic heterocycles. The number of amides is 1. The molecule has 0 spiro atoms. The van der Waals surface area contributed by atoms with Crippen molar-refractivity contribution in [2.24, 2.45) is 0 Å². The molecule has 0 saturated carbocycles. The number of aliphatic hydroxyl groups is 1. The summed E-state index contributed by atoms with van der Waals surface area (Å²) in [5.74, 6) is 1.01. The Kier molecular flexibility index (Phi) is 7.47. The van der Waals surface area contributed by atoms with Gasteiger partial charge >= 0.3 is 0 Å². The number of benzene rings is 2. The molecule has 2 atom stereocenters. The average Bonchev–Trinajstić information content (AvgIpc) is 3.04. The van der Waals surface area contributed by atoms with Crippen molar-refractivity contribution in [2.75, 3.05) is 45.4 Å². The molecule has 162 valence electrons. The normalized spacial score (nSPS) is 17.8. The molecule has 2 aromatic carbocycles. The lowest BCUT2D eigenvalue weighted by Gasteiger charge is -2.25. The Bertz CT molecular complexity index is 920. The Balaban J connectivity index is 1.88. The van der Waals surface area contributed by atoms with Crippen molar-refractivity contribution in [2.45, 2.75) is 23.6 Å². The molecule has 1 N–H and O–H groups in total. The summed E-state index contributed by atoms with van der Waals surface area (Å²) >= 11 is 0. The fourth-order valence-corrected chi connectivity index (χ4v) is 5.23. The summed E-state index contributed by atoms with van der Waals surface area (Å²) in [6.45, 7) is 3.45. The van der Waals surface area contributed by atoms with Gasteiger partial charge in [0.2, 0.25) is 5.91 Å². The van der Waals surface area contributed by atoms with Crippen molar-refractivity contribution < 1.29 is 23.6 Å². The number of para-hydroxylation sites is 1. The molecule has 0 radical (unpaired) electrons. The molecule has 0 saturated heterocycles. The van der Waals surface area contributed by atoms with Crippen LogP contribution in [0.4, 0.5) is 5.69 Å². The molecule has 1 heterocycles. The van der Waals surface area contributed by atoms with Crippen LogP contribution in [-0.2, 0) is 15.6 Å². The first-order valence-corrected chi connectivity index (χ1v) is 11.1. The minimum absolute atomic E-state index is 0.120. The van der Waals surface area contributed by atoms with Crippen LogP contribution < -0.4 is 14.4 Å². The van der Waals surface area contributed by atoms with E-state index in [4.69, 9.17) is 14.6 Å². The van der Waals surface area contributed by atoms with Crippen molar-refractivity contribution in [3.05, 3.63) is 48.0 Å². The fourth-order valence-electron chi connectivity index (χ4n) is 3.53. The van der Waals surface area contributed by atoms with Crippen LogP contribution in [0.5, 0.6) is 11.5 Å². The number of likely N-dealkylation sites (N-methyl/N-ethyl adjacent to an activating group) is 1. The summed E-state index contributed by atoms with van der Waals surface area (Å²) < 4.78 is 24.8. The minimum atomic E-state index is -1.44. The van der Waals surface area contributed by atoms with Crippen molar-refractivity contribution in [1.29, 1.82) is 0 Å². The van der Waals surface area contributed by atoms with Crippen molar-refractivity contribution in [3.8, 4) is 11.5 Å². The first-order valence-electron chi connectivity index (χ1n) is 9.87. The molecule has 2 unspecified atom stereocenters. The van der Waals surface area contributed by atoms with Crippen LogP contribution in [0.2, 0.25) is 0 Å². The second kappa shape index (κ2) is 10.1. The summed E-state index contributed by atoms with van der Waals surface area (Å²) in [7, 11) is 2.07. The van der Waals surface area contributed by atoms with Gasteiger partial charge in [0.1, 0.15) is 16.9 Å². The Labute approximate surface area is 179 Å². The quantitative estimate of drug-likeness (QED) is 0.614. The van der Waals surface area contributed by atoms with Gasteiger partial charge in [0, 0.05) is 25.6 Å². The molecule has 0 bridgehead atoms. The molecular weight excluding hydrogens is 404 g/mol. The van der Waals surface area contributed by atoms with Crippen LogP contribution in [0.25, 0.3) is 0 Å². The predicted molar refractivity (Wildman–Crippen MR) is 116 cm³/mol. The number of carbonyl (C=O) groups excluding carboxylic acids is 1. The van der Waals surface area contributed by atoms with Gasteiger partial charge in [-0.25, -0.2) is 0 Å². The van der Waals surface area contributed by atoms with Gasteiger partial charge in [0.25, 0.3) is 0 Å². The van der Waals surface area contributed by atoms with Crippen LogP contribution in [-0.4, -0.2) is 60.6 Å². The maximum atomic E-state index is 13.3. The zero-order valence-corrected chi connectivity index (χ0v) is 18.4. The van der Waals surface area contributed by atoms with Crippen molar-refractivity contribution in [3.63, 3.8) is 0 Å². The molecule has 1 amide bonds. The molecule has 1 aliphatic heterocycles. The zero-order chi connectivity index (χ0) is 21.7. The second-order valence-electron chi connectivity index (χ2n) is 7.14. The molecule has 8 heteroatoms. The van der Waals surface area contributed by atoms with Gasteiger partial charge < -0.3 is 19.5 Å². The molecule has 7 nitrogen and oxygen atoms in total. The van der Waals surface area contributed by atoms with E-state index in [1.165, 1.54) is 6.92 Å². The van der Waals surface area contributed by atoms with E-state index in [0.717, 1.165) is 13.0 Å². The van der Waals surface area contributed by atoms with Gasteiger partial charge in [-0.3, -0.25) is 13.9 Å². The third-order valence-electron chi connectivity index (χ3n) is 5.02. The number of methoxy groups -OCH3 is 1. The van der Waals surface area contributed by atoms with E-state index in [1.807, 2.05) is 30.1 Å². The number of carbonyl (C=O) groups is 1. The Hall–Kier alpha value is -2.42. The molecule has 3 rings (SSSR count). The number of ether oxygens (including phenoxy) is 2. The largest absolute Gasteiger partial charge is 0.497 e. The Morgan fingerprint density at radius 2 is 2.00 bits per heavy atom. The lowest BCUT2D eigenvalue weighted by molar-refractivity contribution is -0.116. The van der Waals surface area contributed by atoms with Gasteiger partial charge in [-0.15, -0.1) is 0 Å². The molecule has 30 heavy (non-hydrogen) atoms. The lowest BCUT2D eigenvalue weighted by atomic mass is 10.1. The summed E-state index contributed by atoms with van der Waals surface area (Å²) in [6.07, 6.45) is 0.770. The molecule has 0 aliphatic carbocycles. The Morgan fingerprint density at radius 1 is 1.23 bits per heavy atom. The first-order chi connectivity index (χ1) is 14.5. The highest BCUT2D eigenvalue weighted by molar-refractivity contribution is 7.86. The maximum Gasteiger partial charge on any atom is 0.225 e. The number of hydrogen-bond donors (Lipinski definition) is 1. The van der Waals surface area contributed by atoms with Crippen LogP contribution in [0, 0.1) is 0 Å². The zero-order valence-electron chi connectivity index (χ0n) is 17.5. The van der Waals surface area contributed by atoms with Gasteiger partial charge in [-0.05, 0) is 43.8 Å². The molecule has 0 fully saturated rings. The maximum absolute atomic E-state index is 13.3. The third kappa shape index (κ3) is 4.66. The van der Waals surface area contributed by atoms with E-state index >= 15 is 0 Å². The highest BCUT2D eigenvalue weighted by Gasteiger charge is 2.41. The van der Waals surface area contributed by atoms with E-state index in [0.29, 0.717) is 40.8 Å². The van der Waals surface area contributed by atoms with Crippen molar-refractivity contribution >= 4 is 22.4 Å². The molecule has 1 aliphatic rings. The first kappa shape index (κ1) is 22.3. The number of aliphatic hydroxyl groups excluding tert-OH is 1. The minimum Gasteiger partial charge on any atom is -0.497 e. The summed E-state index contributed by atoms with van der Waals surface area (Å²) in [5.41, 5.74) is 1.32.